The average Bonchev–Trinajstić information content (AvgIpc) is 2.75. The third-order valence-electron chi connectivity index (χ3n) is 2.26. The van der Waals surface area contributed by atoms with Crippen LogP contribution in [-0.4, -0.2) is 19.0 Å². The molecular formula is C11H12ClFO3. The molecule has 16 heavy (non-hydrogen) atoms. The smallest absolute Gasteiger partial charge is 0.200 e. The van der Waals surface area contributed by atoms with Crippen molar-refractivity contribution in [2.45, 2.75) is 19.1 Å². The van der Waals surface area contributed by atoms with Crippen LogP contribution in [0, 0.1) is 5.82 Å². The fourth-order valence-electron chi connectivity index (χ4n) is 1.53. The Morgan fingerprint density at radius 2 is 2.31 bits per heavy atom. The van der Waals surface area contributed by atoms with E-state index in [2.05, 4.69) is 0 Å². The molecule has 2 rings (SSSR count). The van der Waals surface area contributed by atoms with Gasteiger partial charge in [0.1, 0.15) is 5.82 Å². The Morgan fingerprint density at radius 1 is 1.44 bits per heavy atom. The van der Waals surface area contributed by atoms with Gasteiger partial charge in [0.05, 0.1) is 6.61 Å². The number of benzene rings is 1. The van der Waals surface area contributed by atoms with Gasteiger partial charge in [-0.15, -0.1) is 0 Å². The van der Waals surface area contributed by atoms with Gasteiger partial charge in [-0.05, 0) is 18.6 Å². The van der Waals surface area contributed by atoms with Crippen molar-refractivity contribution in [2.24, 2.45) is 0 Å². The van der Waals surface area contributed by atoms with Gasteiger partial charge in [0.2, 0.25) is 0 Å². The molecule has 0 aromatic heterocycles. The number of hydrogen-bond donors (Lipinski definition) is 0. The van der Waals surface area contributed by atoms with E-state index in [9.17, 15) is 4.39 Å². The van der Waals surface area contributed by atoms with E-state index in [0.29, 0.717) is 18.1 Å². The minimum Gasteiger partial charge on any atom is -0.474 e. The predicted octanol–water partition coefficient (Wildman–Crippen LogP) is 2.92. The maximum Gasteiger partial charge on any atom is 0.200 e. The van der Waals surface area contributed by atoms with Crippen molar-refractivity contribution in [1.29, 1.82) is 0 Å². The topological polar surface area (TPSA) is 27.7 Å². The zero-order valence-corrected chi connectivity index (χ0v) is 9.37. The van der Waals surface area contributed by atoms with Crippen molar-refractivity contribution in [3.63, 3.8) is 0 Å². The van der Waals surface area contributed by atoms with E-state index in [1.807, 2.05) is 0 Å². The number of alkyl halides is 1. The summed E-state index contributed by atoms with van der Waals surface area (Å²) < 4.78 is 29.0. The molecule has 0 spiro atoms. The minimum absolute atomic E-state index is 0.00643. The molecule has 0 N–H and O–H groups in total. The van der Waals surface area contributed by atoms with Crippen molar-refractivity contribution < 1.29 is 18.6 Å². The third kappa shape index (κ3) is 2.77. The molecule has 1 aliphatic heterocycles. The second kappa shape index (κ2) is 5.37. The van der Waals surface area contributed by atoms with Gasteiger partial charge in [0, 0.05) is 12.5 Å². The average molecular weight is 247 g/mol. The van der Waals surface area contributed by atoms with E-state index in [4.69, 9.17) is 25.8 Å². The van der Waals surface area contributed by atoms with Crippen molar-refractivity contribution in [3.05, 3.63) is 24.0 Å². The fraction of sp³-hybridized carbons (Fsp3) is 0.455. The summed E-state index contributed by atoms with van der Waals surface area (Å²) in [5.41, 5.74) is 0. The van der Waals surface area contributed by atoms with Crippen LogP contribution in [-0.2, 0) is 4.74 Å². The highest BCUT2D eigenvalue weighted by Gasteiger charge is 2.19. The molecular weight excluding hydrogens is 235 g/mol. The molecule has 0 radical (unpaired) electrons. The molecule has 5 heteroatoms. The molecule has 88 valence electrons. The van der Waals surface area contributed by atoms with Crippen molar-refractivity contribution >= 4 is 11.6 Å². The predicted molar refractivity (Wildman–Crippen MR) is 57.4 cm³/mol. The number of rotatable bonds is 4. The zero-order chi connectivity index (χ0) is 11.4. The van der Waals surface area contributed by atoms with Gasteiger partial charge in [-0.1, -0.05) is 11.6 Å². The molecule has 3 nitrogen and oxygen atoms in total. The van der Waals surface area contributed by atoms with Gasteiger partial charge in [-0.25, -0.2) is 4.39 Å². The first-order valence-electron chi connectivity index (χ1n) is 5.06. The summed E-state index contributed by atoms with van der Waals surface area (Å²) >= 11 is 5.46. The van der Waals surface area contributed by atoms with Crippen LogP contribution in [0.5, 0.6) is 11.5 Å². The van der Waals surface area contributed by atoms with Crippen molar-refractivity contribution in [1.82, 2.24) is 0 Å². The second-order valence-corrected chi connectivity index (χ2v) is 3.62. The molecule has 1 fully saturated rings. The molecule has 1 heterocycles. The lowest BCUT2D eigenvalue weighted by Gasteiger charge is -2.15. The Labute approximate surface area is 98.1 Å². The summed E-state index contributed by atoms with van der Waals surface area (Å²) in [5.74, 6) is 0.370. The van der Waals surface area contributed by atoms with E-state index >= 15 is 0 Å². The third-order valence-corrected chi connectivity index (χ3v) is 2.37. The van der Waals surface area contributed by atoms with E-state index in [-0.39, 0.29) is 18.2 Å². The molecule has 0 aliphatic carbocycles. The molecule has 0 amide bonds. The maximum atomic E-state index is 13.1. The van der Waals surface area contributed by atoms with Gasteiger partial charge < -0.3 is 14.2 Å². The van der Waals surface area contributed by atoms with Gasteiger partial charge in [0.25, 0.3) is 0 Å². The van der Waals surface area contributed by atoms with Crippen LogP contribution >= 0.6 is 11.6 Å². The van der Waals surface area contributed by atoms with Gasteiger partial charge in [0.15, 0.2) is 23.9 Å². The van der Waals surface area contributed by atoms with Gasteiger partial charge >= 0.3 is 0 Å². The quantitative estimate of drug-likeness (QED) is 0.765. The maximum absolute atomic E-state index is 13.1. The number of hydrogen-bond acceptors (Lipinski definition) is 3. The Hall–Kier alpha value is -1.00. The highest BCUT2D eigenvalue weighted by atomic mass is 35.5. The fourth-order valence-corrected chi connectivity index (χ4v) is 1.65. The first-order chi connectivity index (χ1) is 7.79. The Balaban J connectivity index is 2.12. The molecule has 1 aliphatic rings. The summed E-state index contributed by atoms with van der Waals surface area (Å²) in [6, 6.07) is 4.04. The lowest BCUT2D eigenvalue weighted by molar-refractivity contribution is -0.0404. The van der Waals surface area contributed by atoms with E-state index < -0.39 is 0 Å². The van der Waals surface area contributed by atoms with Crippen LogP contribution < -0.4 is 9.47 Å². The lowest BCUT2D eigenvalue weighted by Crippen LogP contribution is -2.14. The monoisotopic (exact) mass is 246 g/mol. The van der Waals surface area contributed by atoms with Crippen LogP contribution in [0.2, 0.25) is 0 Å². The van der Waals surface area contributed by atoms with E-state index in [1.54, 1.807) is 0 Å². The van der Waals surface area contributed by atoms with E-state index in [0.717, 1.165) is 12.8 Å². The van der Waals surface area contributed by atoms with Crippen LogP contribution in [0.4, 0.5) is 4.39 Å². The summed E-state index contributed by atoms with van der Waals surface area (Å²) in [6.45, 7) is 0.672. The van der Waals surface area contributed by atoms with Gasteiger partial charge in [-0.3, -0.25) is 0 Å². The number of ether oxygens (including phenoxy) is 3. The van der Waals surface area contributed by atoms with E-state index in [1.165, 1.54) is 18.2 Å². The van der Waals surface area contributed by atoms with Crippen LogP contribution in [0.15, 0.2) is 18.2 Å². The molecule has 1 unspecified atom stereocenters. The molecule has 0 saturated carbocycles. The second-order valence-electron chi connectivity index (χ2n) is 3.40. The lowest BCUT2D eigenvalue weighted by atomic mass is 10.3. The standard InChI is InChI=1S/C11H12ClFO3/c12-7-15-9-4-3-8(13)6-10(9)16-11-2-1-5-14-11/h3-4,6,11H,1-2,5,7H2. The summed E-state index contributed by atoms with van der Waals surface area (Å²) in [6.07, 6.45) is 1.43. The molecule has 1 aromatic carbocycles. The van der Waals surface area contributed by atoms with Crippen LogP contribution in [0.3, 0.4) is 0 Å². The minimum atomic E-state index is -0.380. The normalized spacial score (nSPS) is 19.8. The molecule has 1 atom stereocenters. The zero-order valence-electron chi connectivity index (χ0n) is 8.62. The summed E-state index contributed by atoms with van der Waals surface area (Å²) in [5, 5.41) is 0. The molecule has 1 saturated heterocycles. The highest BCUT2D eigenvalue weighted by molar-refractivity contribution is 6.17. The Morgan fingerprint density at radius 3 is 3.00 bits per heavy atom. The Bertz CT molecular complexity index is 353. The summed E-state index contributed by atoms with van der Waals surface area (Å²) in [4.78, 5) is 0. The van der Waals surface area contributed by atoms with Crippen LogP contribution in [0.25, 0.3) is 0 Å². The summed E-state index contributed by atoms with van der Waals surface area (Å²) in [7, 11) is 0. The number of halogens is 2. The largest absolute Gasteiger partial charge is 0.474 e. The molecule has 1 aromatic rings. The van der Waals surface area contributed by atoms with Crippen molar-refractivity contribution in [3.8, 4) is 11.5 Å². The first kappa shape index (κ1) is 11.5. The Kier molecular flexibility index (Phi) is 3.85. The first-order valence-corrected chi connectivity index (χ1v) is 5.59. The highest BCUT2D eigenvalue weighted by Crippen LogP contribution is 2.30. The van der Waals surface area contributed by atoms with Crippen molar-refractivity contribution in [2.75, 3.05) is 12.7 Å². The molecule has 0 bridgehead atoms. The SMILES string of the molecule is Fc1ccc(OCCl)c(OC2CCCO2)c1. The van der Waals surface area contributed by atoms with Crippen LogP contribution in [0.1, 0.15) is 12.8 Å². The van der Waals surface area contributed by atoms with Gasteiger partial charge in [-0.2, -0.15) is 0 Å².